The summed E-state index contributed by atoms with van der Waals surface area (Å²) in [5.74, 6) is 0.946. The van der Waals surface area contributed by atoms with E-state index in [4.69, 9.17) is 4.74 Å². The van der Waals surface area contributed by atoms with Crippen molar-refractivity contribution in [3.8, 4) is 22.1 Å². The maximum absolute atomic E-state index is 12.9. The van der Waals surface area contributed by atoms with E-state index in [1.807, 2.05) is 36.2 Å². The first kappa shape index (κ1) is 22.7. The number of aromatic amines is 1. The van der Waals surface area contributed by atoms with E-state index >= 15 is 0 Å². The second kappa shape index (κ2) is 8.49. The largest absolute Gasteiger partial charge is 0.439 e. The number of aliphatic hydroxyl groups excluding tert-OH is 1. The van der Waals surface area contributed by atoms with Crippen LogP contribution in [0, 0.1) is 13.8 Å². The summed E-state index contributed by atoms with van der Waals surface area (Å²) in [4.78, 5) is 31.5. The Morgan fingerprint density at radius 3 is 2.45 bits per heavy atom. The van der Waals surface area contributed by atoms with Gasteiger partial charge in [-0.25, -0.2) is 9.78 Å². The van der Waals surface area contributed by atoms with Crippen molar-refractivity contribution in [1.82, 2.24) is 14.5 Å². The summed E-state index contributed by atoms with van der Waals surface area (Å²) in [6, 6.07) is 10.7. The SMILES string of the molecule is Cc1ccc(Oc2ccc(-c3sc4c(c3C)c(=O)[nH]c(=O)n4C[C@@H](O)C(F)(F)F)cn2)cc1. The minimum atomic E-state index is -4.91. The predicted molar refractivity (Wildman–Crippen MR) is 118 cm³/mol. The number of alkyl halides is 3. The average Bonchev–Trinajstić information content (AvgIpc) is 3.10. The Kier molecular flexibility index (Phi) is 5.85. The molecule has 11 heteroatoms. The minimum Gasteiger partial charge on any atom is -0.439 e. The van der Waals surface area contributed by atoms with Gasteiger partial charge in [0.2, 0.25) is 5.88 Å². The highest BCUT2D eigenvalue weighted by Gasteiger charge is 2.39. The van der Waals surface area contributed by atoms with Crippen molar-refractivity contribution in [2.75, 3.05) is 0 Å². The van der Waals surface area contributed by atoms with E-state index in [2.05, 4.69) is 4.98 Å². The molecular weight excluding hydrogens is 459 g/mol. The number of aromatic nitrogens is 3. The molecule has 0 aliphatic carbocycles. The van der Waals surface area contributed by atoms with Gasteiger partial charge in [0.25, 0.3) is 5.56 Å². The number of hydrogen-bond donors (Lipinski definition) is 2. The second-order valence-corrected chi connectivity index (χ2v) is 8.46. The molecule has 1 atom stereocenters. The predicted octanol–water partition coefficient (Wildman–Crippen LogP) is 4.15. The summed E-state index contributed by atoms with van der Waals surface area (Å²) < 4.78 is 45.0. The molecule has 172 valence electrons. The van der Waals surface area contributed by atoms with Gasteiger partial charge in [-0.1, -0.05) is 17.7 Å². The molecule has 0 aliphatic rings. The molecule has 4 rings (SSSR count). The van der Waals surface area contributed by atoms with Gasteiger partial charge in [-0.15, -0.1) is 11.3 Å². The number of H-pyrrole nitrogens is 1. The lowest BCUT2D eigenvalue weighted by molar-refractivity contribution is -0.207. The summed E-state index contributed by atoms with van der Waals surface area (Å²) in [6.07, 6.45) is -6.15. The lowest BCUT2D eigenvalue weighted by Crippen LogP contribution is -2.38. The Bertz CT molecular complexity index is 1420. The summed E-state index contributed by atoms with van der Waals surface area (Å²) in [7, 11) is 0. The highest BCUT2D eigenvalue weighted by molar-refractivity contribution is 7.22. The molecule has 0 radical (unpaired) electrons. The monoisotopic (exact) mass is 477 g/mol. The number of pyridine rings is 1. The third-order valence-corrected chi connectivity index (χ3v) is 6.41. The fraction of sp³-hybridized carbons (Fsp3) is 0.227. The molecule has 0 aliphatic heterocycles. The second-order valence-electron chi connectivity index (χ2n) is 7.46. The summed E-state index contributed by atoms with van der Waals surface area (Å²) >= 11 is 0.980. The zero-order valence-corrected chi connectivity index (χ0v) is 18.3. The van der Waals surface area contributed by atoms with E-state index in [-0.39, 0.29) is 10.2 Å². The number of ether oxygens (including phenoxy) is 1. The van der Waals surface area contributed by atoms with Crippen LogP contribution >= 0.6 is 11.3 Å². The number of aryl methyl sites for hydroxylation is 2. The normalized spacial score (nSPS) is 12.8. The molecule has 3 heterocycles. The average molecular weight is 477 g/mol. The molecule has 33 heavy (non-hydrogen) atoms. The van der Waals surface area contributed by atoms with Gasteiger partial charge >= 0.3 is 11.9 Å². The van der Waals surface area contributed by atoms with Crippen LogP contribution in [0.5, 0.6) is 11.6 Å². The van der Waals surface area contributed by atoms with Crippen LogP contribution in [0.2, 0.25) is 0 Å². The van der Waals surface area contributed by atoms with Gasteiger partial charge in [-0.3, -0.25) is 14.3 Å². The van der Waals surface area contributed by atoms with Crippen LogP contribution in [-0.2, 0) is 6.54 Å². The zero-order chi connectivity index (χ0) is 23.9. The number of nitrogens with one attached hydrogen (secondary N) is 1. The number of benzene rings is 1. The molecule has 0 amide bonds. The van der Waals surface area contributed by atoms with Crippen LogP contribution in [0.3, 0.4) is 0 Å². The van der Waals surface area contributed by atoms with Crippen LogP contribution in [0.4, 0.5) is 13.2 Å². The van der Waals surface area contributed by atoms with E-state index < -0.39 is 30.1 Å². The van der Waals surface area contributed by atoms with Gasteiger partial charge in [0, 0.05) is 22.7 Å². The zero-order valence-electron chi connectivity index (χ0n) is 17.4. The number of rotatable bonds is 5. The third-order valence-electron chi connectivity index (χ3n) is 5.04. The topological polar surface area (TPSA) is 97.2 Å². The van der Waals surface area contributed by atoms with Gasteiger partial charge in [-0.05, 0) is 37.6 Å². The van der Waals surface area contributed by atoms with Gasteiger partial charge in [0.05, 0.1) is 11.9 Å². The van der Waals surface area contributed by atoms with Crippen molar-refractivity contribution in [2.45, 2.75) is 32.7 Å². The van der Waals surface area contributed by atoms with Crippen LogP contribution in [0.1, 0.15) is 11.1 Å². The van der Waals surface area contributed by atoms with E-state index in [0.717, 1.165) is 21.5 Å². The first-order valence-electron chi connectivity index (χ1n) is 9.76. The first-order valence-corrected chi connectivity index (χ1v) is 10.6. The number of aliphatic hydroxyl groups is 1. The van der Waals surface area contributed by atoms with Crippen molar-refractivity contribution < 1.29 is 23.0 Å². The Morgan fingerprint density at radius 2 is 1.85 bits per heavy atom. The van der Waals surface area contributed by atoms with Crippen LogP contribution in [0.25, 0.3) is 20.7 Å². The molecule has 0 unspecified atom stereocenters. The number of nitrogens with zero attached hydrogens (tertiary/aromatic N) is 2. The van der Waals surface area contributed by atoms with Gasteiger partial charge in [0.15, 0.2) is 6.10 Å². The molecule has 0 fully saturated rings. The Hall–Kier alpha value is -3.44. The van der Waals surface area contributed by atoms with Crippen molar-refractivity contribution in [3.63, 3.8) is 0 Å². The maximum atomic E-state index is 12.9. The van der Waals surface area contributed by atoms with Crippen LogP contribution < -0.4 is 16.0 Å². The molecule has 2 N–H and O–H groups in total. The quantitative estimate of drug-likeness (QED) is 0.450. The van der Waals surface area contributed by atoms with Crippen molar-refractivity contribution in [2.24, 2.45) is 0 Å². The summed E-state index contributed by atoms with van der Waals surface area (Å²) in [6.45, 7) is 2.56. The van der Waals surface area contributed by atoms with Crippen LogP contribution in [0.15, 0.2) is 52.2 Å². The van der Waals surface area contributed by atoms with Crippen molar-refractivity contribution in [1.29, 1.82) is 0 Å². The molecule has 0 saturated carbocycles. The smallest absolute Gasteiger partial charge is 0.416 e. The van der Waals surface area contributed by atoms with E-state index in [9.17, 15) is 27.9 Å². The van der Waals surface area contributed by atoms with Crippen molar-refractivity contribution >= 4 is 21.6 Å². The molecular formula is C22H18F3N3O4S. The van der Waals surface area contributed by atoms with E-state index in [1.165, 1.54) is 6.20 Å². The fourth-order valence-electron chi connectivity index (χ4n) is 3.29. The molecule has 0 saturated heterocycles. The Morgan fingerprint density at radius 1 is 1.15 bits per heavy atom. The van der Waals surface area contributed by atoms with Crippen molar-refractivity contribution in [3.05, 3.63) is 74.6 Å². The lowest BCUT2D eigenvalue weighted by Gasteiger charge is -2.15. The summed E-state index contributed by atoms with van der Waals surface area (Å²) in [5.41, 5.74) is 0.436. The Balaban J connectivity index is 1.72. The molecule has 0 spiro atoms. The van der Waals surface area contributed by atoms with Gasteiger partial charge in [-0.2, -0.15) is 13.2 Å². The molecule has 3 aromatic heterocycles. The number of hydrogen-bond acceptors (Lipinski definition) is 6. The maximum Gasteiger partial charge on any atom is 0.416 e. The van der Waals surface area contributed by atoms with E-state index in [0.29, 0.717) is 27.6 Å². The first-order chi connectivity index (χ1) is 15.5. The molecule has 1 aromatic carbocycles. The highest BCUT2D eigenvalue weighted by atomic mass is 32.1. The number of fused-ring (bicyclic) bond motifs is 1. The standard InChI is InChI=1S/C22H18F3N3O4S/c1-11-3-6-14(7-4-11)32-16-8-5-13(9-26-16)18-12(2)17-19(30)27-21(31)28(20(17)33-18)10-15(29)22(23,24)25/h3-9,15,29H,10H2,1-2H3,(H,27,30,31)/t15-/m1/s1. The molecule has 0 bridgehead atoms. The fourth-order valence-corrected chi connectivity index (χ4v) is 4.60. The van der Waals surface area contributed by atoms with E-state index in [1.54, 1.807) is 19.1 Å². The Labute approximate surface area is 188 Å². The molecule has 7 nitrogen and oxygen atoms in total. The molecule has 4 aromatic rings. The highest BCUT2D eigenvalue weighted by Crippen LogP contribution is 2.37. The number of halogens is 3. The van der Waals surface area contributed by atoms with Gasteiger partial charge in [0.1, 0.15) is 10.6 Å². The van der Waals surface area contributed by atoms with Gasteiger partial charge < -0.3 is 9.84 Å². The minimum absolute atomic E-state index is 0.0412. The lowest BCUT2D eigenvalue weighted by atomic mass is 10.1. The third kappa shape index (κ3) is 4.55. The summed E-state index contributed by atoms with van der Waals surface area (Å²) in [5, 5.41) is 9.54. The number of thiophene rings is 1. The van der Waals surface area contributed by atoms with Crippen LogP contribution in [-0.4, -0.2) is 31.9 Å².